The predicted octanol–water partition coefficient (Wildman–Crippen LogP) is 5.95. The van der Waals surface area contributed by atoms with Gasteiger partial charge in [0.15, 0.2) is 11.0 Å². The number of para-hydroxylation sites is 1. The van der Waals surface area contributed by atoms with Crippen molar-refractivity contribution in [3.05, 3.63) is 57.2 Å². The third-order valence-corrected chi connectivity index (χ3v) is 6.30. The first kappa shape index (κ1) is 26.0. The van der Waals surface area contributed by atoms with Crippen LogP contribution in [0.4, 0.5) is 0 Å². The average molecular weight is 515 g/mol. The largest absolute Gasteiger partial charge is 0.496 e. The van der Waals surface area contributed by atoms with E-state index in [4.69, 9.17) is 35.0 Å². The molecule has 1 heterocycles. The molecule has 36 heavy (non-hydrogen) atoms. The van der Waals surface area contributed by atoms with E-state index in [0.29, 0.717) is 64.9 Å². The van der Waals surface area contributed by atoms with E-state index in [9.17, 15) is 9.59 Å². The highest BCUT2D eigenvalue weighted by atomic mass is 35.5. The summed E-state index contributed by atoms with van der Waals surface area (Å²) in [5.74, 6) is 1.24. The van der Waals surface area contributed by atoms with Crippen molar-refractivity contribution >= 4 is 28.5 Å². The van der Waals surface area contributed by atoms with Crippen LogP contribution in [0.15, 0.2) is 45.6 Å². The number of methoxy groups -OCH3 is 1. The van der Waals surface area contributed by atoms with Gasteiger partial charge in [-0.25, -0.2) is 0 Å². The molecule has 0 amide bonds. The number of halogens is 1. The van der Waals surface area contributed by atoms with Crippen LogP contribution in [0.25, 0.3) is 22.3 Å². The summed E-state index contributed by atoms with van der Waals surface area (Å²) < 4.78 is 28.8. The number of esters is 1. The van der Waals surface area contributed by atoms with Gasteiger partial charge in [0.1, 0.15) is 29.5 Å². The van der Waals surface area contributed by atoms with Gasteiger partial charge in [-0.05, 0) is 70.4 Å². The molecule has 3 aromatic rings. The molecule has 7 nitrogen and oxygen atoms in total. The molecule has 0 radical (unpaired) electrons. The normalized spacial score (nSPS) is 17.5. The third-order valence-electron chi connectivity index (χ3n) is 6.00. The summed E-state index contributed by atoms with van der Waals surface area (Å²) in [7, 11) is 1.56. The van der Waals surface area contributed by atoms with Gasteiger partial charge in [0.25, 0.3) is 0 Å². The molecule has 2 aromatic carbocycles. The molecule has 1 aliphatic carbocycles. The molecule has 1 fully saturated rings. The average Bonchev–Trinajstić information content (AvgIpc) is 2.77. The summed E-state index contributed by atoms with van der Waals surface area (Å²) in [6, 6.07) is 10.1. The maximum Gasteiger partial charge on any atom is 0.309 e. The van der Waals surface area contributed by atoms with Gasteiger partial charge in [0.05, 0.1) is 41.7 Å². The molecule has 0 aliphatic heterocycles. The lowest BCUT2D eigenvalue weighted by Gasteiger charge is -2.35. The first-order valence-corrected chi connectivity index (χ1v) is 12.3. The minimum atomic E-state index is -0.479. The Labute approximate surface area is 215 Å². The molecule has 0 unspecified atom stereocenters. The van der Waals surface area contributed by atoms with Gasteiger partial charge in [0, 0.05) is 6.07 Å². The lowest BCUT2D eigenvalue weighted by atomic mass is 9.82. The fourth-order valence-corrected chi connectivity index (χ4v) is 4.31. The van der Waals surface area contributed by atoms with Crippen LogP contribution in [-0.2, 0) is 14.3 Å². The van der Waals surface area contributed by atoms with E-state index in [1.54, 1.807) is 31.4 Å². The van der Waals surface area contributed by atoms with Crippen LogP contribution in [-0.4, -0.2) is 38.0 Å². The Morgan fingerprint density at radius 2 is 1.86 bits per heavy atom. The Balaban J connectivity index is 1.41. The lowest BCUT2D eigenvalue weighted by Crippen LogP contribution is -2.40. The molecule has 0 spiro atoms. The number of ether oxygens (including phenoxy) is 4. The molecule has 0 bridgehead atoms. The number of fused-ring (bicyclic) bond motifs is 1. The van der Waals surface area contributed by atoms with Crippen LogP contribution < -0.4 is 14.9 Å². The van der Waals surface area contributed by atoms with E-state index in [-0.39, 0.29) is 23.4 Å². The number of hydrogen-bond acceptors (Lipinski definition) is 7. The van der Waals surface area contributed by atoms with Crippen molar-refractivity contribution in [2.45, 2.75) is 52.2 Å². The number of carbonyl (C=O) groups excluding carboxylic acids is 1. The Morgan fingerprint density at radius 3 is 2.56 bits per heavy atom. The first-order chi connectivity index (χ1) is 17.1. The maximum atomic E-state index is 12.7. The number of rotatable bonds is 8. The van der Waals surface area contributed by atoms with E-state index in [2.05, 4.69) is 0 Å². The fourth-order valence-electron chi connectivity index (χ4n) is 4.10. The number of hydrogen-bond donors (Lipinski definition) is 0. The Kier molecular flexibility index (Phi) is 7.62. The van der Waals surface area contributed by atoms with Gasteiger partial charge in [-0.1, -0.05) is 17.7 Å². The van der Waals surface area contributed by atoms with Gasteiger partial charge in [0.2, 0.25) is 0 Å². The summed E-state index contributed by atoms with van der Waals surface area (Å²) in [5, 5.41) is 0.770. The summed E-state index contributed by atoms with van der Waals surface area (Å²) in [6.07, 6.45) is 1.34. The van der Waals surface area contributed by atoms with Gasteiger partial charge in [-0.15, -0.1) is 0 Å². The van der Waals surface area contributed by atoms with Gasteiger partial charge in [-0.2, -0.15) is 0 Å². The minimum Gasteiger partial charge on any atom is -0.496 e. The second kappa shape index (κ2) is 10.5. The highest BCUT2D eigenvalue weighted by Gasteiger charge is 2.37. The van der Waals surface area contributed by atoms with Crippen molar-refractivity contribution in [3.8, 4) is 22.8 Å². The van der Waals surface area contributed by atoms with Crippen molar-refractivity contribution in [1.82, 2.24) is 0 Å². The Morgan fingerprint density at radius 1 is 1.11 bits per heavy atom. The maximum absolute atomic E-state index is 12.7. The van der Waals surface area contributed by atoms with Gasteiger partial charge in [-0.3, -0.25) is 9.59 Å². The highest BCUT2D eigenvalue weighted by Crippen LogP contribution is 2.37. The van der Waals surface area contributed by atoms with Crippen molar-refractivity contribution in [2.24, 2.45) is 5.92 Å². The molecule has 4 rings (SSSR count). The fraction of sp³-hybridized carbons (Fsp3) is 0.429. The van der Waals surface area contributed by atoms with Crippen LogP contribution in [0.3, 0.4) is 0 Å². The van der Waals surface area contributed by atoms with Crippen molar-refractivity contribution < 1.29 is 28.2 Å². The van der Waals surface area contributed by atoms with E-state index in [1.165, 1.54) is 6.07 Å². The monoisotopic (exact) mass is 514 g/mol. The molecule has 0 saturated heterocycles. The van der Waals surface area contributed by atoms with Crippen LogP contribution in [0.2, 0.25) is 5.02 Å². The number of carbonyl (C=O) groups is 1. The molecule has 192 valence electrons. The zero-order chi connectivity index (χ0) is 26.0. The van der Waals surface area contributed by atoms with Crippen LogP contribution in [0, 0.1) is 12.8 Å². The van der Waals surface area contributed by atoms with E-state index in [1.807, 2.05) is 33.8 Å². The summed E-state index contributed by atoms with van der Waals surface area (Å²) in [6.45, 7) is 8.22. The highest BCUT2D eigenvalue weighted by molar-refractivity contribution is 6.34. The summed E-state index contributed by atoms with van der Waals surface area (Å²) in [4.78, 5) is 24.8. The van der Waals surface area contributed by atoms with Gasteiger partial charge >= 0.3 is 5.97 Å². The molecule has 0 atom stereocenters. The summed E-state index contributed by atoms with van der Waals surface area (Å²) >= 11 is 6.27. The van der Waals surface area contributed by atoms with E-state index in [0.717, 1.165) is 5.56 Å². The van der Waals surface area contributed by atoms with Crippen molar-refractivity contribution in [1.29, 1.82) is 0 Å². The predicted molar refractivity (Wildman–Crippen MR) is 138 cm³/mol. The SMILES string of the molecule is COc1cc(C)c(OCCOC2CC(C(=O)OC(C)(C)C)C2)cc1-c1cc(=O)c2cccc(Cl)c2o1. The molecular formula is C28H31ClO7. The van der Waals surface area contributed by atoms with Crippen molar-refractivity contribution in [3.63, 3.8) is 0 Å². The topological polar surface area (TPSA) is 84.2 Å². The lowest BCUT2D eigenvalue weighted by molar-refractivity contribution is -0.169. The van der Waals surface area contributed by atoms with Crippen LogP contribution >= 0.6 is 11.6 Å². The standard InChI is InChI=1S/C28H31ClO7/c1-16-11-24(32-5)20(25-15-22(30)19-7-6-8-21(29)26(19)35-25)14-23(16)34-10-9-33-18-12-17(13-18)27(31)36-28(2,3)4/h6-8,11,14-15,17-18H,9-10,12-13H2,1-5H3. The van der Waals surface area contributed by atoms with Crippen LogP contribution in [0.5, 0.6) is 11.5 Å². The Bertz CT molecular complexity index is 1320. The van der Waals surface area contributed by atoms with E-state index >= 15 is 0 Å². The number of benzene rings is 2. The zero-order valence-corrected chi connectivity index (χ0v) is 21.9. The van der Waals surface area contributed by atoms with Crippen LogP contribution in [0.1, 0.15) is 39.2 Å². The molecule has 1 aliphatic rings. The van der Waals surface area contributed by atoms with E-state index < -0.39 is 5.60 Å². The summed E-state index contributed by atoms with van der Waals surface area (Å²) in [5.41, 5.74) is 1.10. The van der Waals surface area contributed by atoms with Crippen molar-refractivity contribution in [2.75, 3.05) is 20.3 Å². The smallest absolute Gasteiger partial charge is 0.309 e. The molecule has 8 heteroatoms. The second-order valence-corrected chi connectivity index (χ2v) is 10.4. The molecular weight excluding hydrogens is 484 g/mol. The molecule has 1 saturated carbocycles. The van der Waals surface area contributed by atoms with Gasteiger partial charge < -0.3 is 23.4 Å². The zero-order valence-electron chi connectivity index (χ0n) is 21.2. The third kappa shape index (κ3) is 5.85. The minimum absolute atomic E-state index is 0.0234. The Hall–Kier alpha value is -3.03. The molecule has 0 N–H and O–H groups in total. The first-order valence-electron chi connectivity index (χ1n) is 11.9. The quantitative estimate of drug-likeness (QED) is 0.271. The second-order valence-electron chi connectivity index (χ2n) is 9.95. The number of aryl methyl sites for hydroxylation is 1. The molecule has 1 aromatic heterocycles.